The first-order valence-electron chi connectivity index (χ1n) is 9.26. The predicted octanol–water partition coefficient (Wildman–Crippen LogP) is 4.02. The van der Waals surface area contributed by atoms with E-state index in [1.165, 1.54) is 36.4 Å². The molecular weight excluding hydrogens is 284 g/mol. The van der Waals surface area contributed by atoms with Gasteiger partial charge in [-0.3, -0.25) is 0 Å². The fourth-order valence-corrected chi connectivity index (χ4v) is 3.07. The van der Waals surface area contributed by atoms with Crippen LogP contribution in [0.25, 0.3) is 0 Å². The molecule has 0 saturated heterocycles. The average Bonchev–Trinajstić information content (AvgIpc) is 2.58. The second-order valence-electron chi connectivity index (χ2n) is 6.47. The van der Waals surface area contributed by atoms with Crippen LogP contribution < -0.4 is 4.90 Å². The van der Waals surface area contributed by atoms with Crippen LogP contribution >= 0.6 is 0 Å². The molecule has 1 aromatic rings. The molecule has 0 bridgehead atoms. The number of rotatable bonds is 11. The van der Waals surface area contributed by atoms with Crippen molar-refractivity contribution in [3.05, 3.63) is 29.3 Å². The van der Waals surface area contributed by atoms with Gasteiger partial charge in [-0.1, -0.05) is 6.07 Å². The number of hydrogen-bond donors (Lipinski definition) is 0. The minimum Gasteiger partial charge on any atom is -0.374 e. The summed E-state index contributed by atoms with van der Waals surface area (Å²) in [6.07, 6.45) is 0. The van der Waals surface area contributed by atoms with E-state index in [9.17, 15) is 0 Å². The van der Waals surface area contributed by atoms with Crippen LogP contribution in [0, 0.1) is 13.8 Å². The Kier molecular flexibility index (Phi) is 8.64. The van der Waals surface area contributed by atoms with Crippen molar-refractivity contribution >= 4 is 5.69 Å². The van der Waals surface area contributed by atoms with Gasteiger partial charge in [-0.2, -0.15) is 0 Å². The van der Waals surface area contributed by atoms with E-state index in [-0.39, 0.29) is 0 Å². The van der Waals surface area contributed by atoms with Crippen molar-refractivity contribution in [1.82, 2.24) is 0 Å². The van der Waals surface area contributed by atoms with Crippen molar-refractivity contribution in [1.29, 1.82) is 0 Å². The maximum absolute atomic E-state index is 5.95. The quantitative estimate of drug-likeness (QED) is 0.451. The van der Waals surface area contributed by atoms with E-state index in [2.05, 4.69) is 64.6 Å². The summed E-state index contributed by atoms with van der Waals surface area (Å²) in [6.45, 7) is 21.8. The van der Waals surface area contributed by atoms with Crippen LogP contribution in [0.3, 0.4) is 0 Å². The van der Waals surface area contributed by atoms with Crippen LogP contribution in [-0.4, -0.2) is 57.0 Å². The molecule has 3 heteroatoms. The molecule has 0 amide bonds. The van der Waals surface area contributed by atoms with E-state index >= 15 is 0 Å². The molecule has 0 N–H and O–H groups in total. The Labute approximate surface area is 143 Å². The lowest BCUT2D eigenvalue weighted by molar-refractivity contribution is -0.923. The van der Waals surface area contributed by atoms with Crippen molar-refractivity contribution in [3.8, 4) is 0 Å². The first-order chi connectivity index (χ1) is 11.0. The summed E-state index contributed by atoms with van der Waals surface area (Å²) < 4.78 is 7.11. The zero-order valence-electron chi connectivity index (χ0n) is 16.2. The zero-order chi connectivity index (χ0) is 17.3. The molecular formula is C20H37N2O+. The lowest BCUT2D eigenvalue weighted by Gasteiger charge is -2.35. The molecule has 1 aromatic carbocycles. The minimum atomic E-state index is 0.803. The van der Waals surface area contributed by atoms with E-state index in [0.717, 1.165) is 37.3 Å². The molecule has 0 saturated carbocycles. The van der Waals surface area contributed by atoms with Crippen LogP contribution in [0.5, 0.6) is 0 Å². The summed E-state index contributed by atoms with van der Waals surface area (Å²) in [5.74, 6) is 0. The lowest BCUT2D eigenvalue weighted by atomic mass is 10.1. The van der Waals surface area contributed by atoms with Gasteiger partial charge < -0.3 is 14.1 Å². The molecule has 0 fully saturated rings. The Morgan fingerprint density at radius 3 is 2.09 bits per heavy atom. The zero-order valence-corrected chi connectivity index (χ0v) is 16.2. The van der Waals surface area contributed by atoms with Crippen LogP contribution in [0.1, 0.15) is 38.8 Å². The number of benzene rings is 1. The Bertz CT molecular complexity index is 447. The molecule has 1 rings (SSSR count). The highest BCUT2D eigenvalue weighted by Crippen LogP contribution is 2.18. The van der Waals surface area contributed by atoms with E-state index in [1.807, 2.05) is 0 Å². The largest absolute Gasteiger partial charge is 0.374 e. The molecule has 0 aliphatic carbocycles. The van der Waals surface area contributed by atoms with Gasteiger partial charge in [0.05, 0.1) is 32.8 Å². The smallest absolute Gasteiger partial charge is 0.102 e. The van der Waals surface area contributed by atoms with Crippen molar-refractivity contribution in [2.45, 2.75) is 41.5 Å². The average molecular weight is 322 g/mol. The van der Waals surface area contributed by atoms with E-state index in [4.69, 9.17) is 4.74 Å². The monoisotopic (exact) mass is 321 g/mol. The topological polar surface area (TPSA) is 12.5 Å². The molecule has 0 aliphatic rings. The number of hydrogen-bond acceptors (Lipinski definition) is 2. The molecule has 0 heterocycles. The first-order valence-corrected chi connectivity index (χ1v) is 9.26. The van der Waals surface area contributed by atoms with Gasteiger partial charge in [0.1, 0.15) is 6.54 Å². The summed E-state index contributed by atoms with van der Waals surface area (Å²) in [5.41, 5.74) is 4.02. The van der Waals surface area contributed by atoms with Crippen molar-refractivity contribution in [3.63, 3.8) is 0 Å². The van der Waals surface area contributed by atoms with Crippen molar-refractivity contribution in [2.75, 3.05) is 57.4 Å². The second-order valence-corrected chi connectivity index (χ2v) is 6.47. The van der Waals surface area contributed by atoms with Gasteiger partial charge in [-0.05, 0) is 64.8 Å². The Hall–Kier alpha value is -1.06. The van der Waals surface area contributed by atoms with Crippen LogP contribution in [0.2, 0.25) is 0 Å². The Morgan fingerprint density at radius 1 is 0.913 bits per heavy atom. The van der Waals surface area contributed by atoms with Gasteiger partial charge in [-0.15, -0.1) is 0 Å². The van der Waals surface area contributed by atoms with Gasteiger partial charge in [0.25, 0.3) is 0 Å². The second kappa shape index (κ2) is 9.94. The summed E-state index contributed by atoms with van der Waals surface area (Å²) >= 11 is 0. The molecule has 0 aliphatic heterocycles. The van der Waals surface area contributed by atoms with E-state index < -0.39 is 0 Å². The Balaban J connectivity index is 2.42. The highest BCUT2D eigenvalue weighted by atomic mass is 16.5. The summed E-state index contributed by atoms with van der Waals surface area (Å²) in [6, 6.07) is 6.72. The van der Waals surface area contributed by atoms with E-state index in [0.29, 0.717) is 0 Å². The molecule has 0 unspecified atom stereocenters. The molecule has 0 aromatic heterocycles. The third kappa shape index (κ3) is 5.82. The van der Waals surface area contributed by atoms with Crippen molar-refractivity contribution < 1.29 is 9.22 Å². The van der Waals surface area contributed by atoms with Crippen LogP contribution in [-0.2, 0) is 4.74 Å². The maximum Gasteiger partial charge on any atom is 0.102 e. The number of anilines is 1. The van der Waals surface area contributed by atoms with Gasteiger partial charge in [-0.25, -0.2) is 0 Å². The maximum atomic E-state index is 5.95. The number of likely N-dealkylation sites (N-methyl/N-ethyl adjacent to an activating group) is 2. The Morgan fingerprint density at radius 2 is 1.57 bits per heavy atom. The SMILES string of the molecule is CCN(CCOCC[N+](CC)(CC)CC)c1ccc(C)c(C)c1. The number of nitrogens with zero attached hydrogens (tertiary/aromatic N) is 2. The van der Waals surface area contributed by atoms with Gasteiger partial charge in [0, 0.05) is 18.8 Å². The highest BCUT2D eigenvalue weighted by molar-refractivity contribution is 5.50. The van der Waals surface area contributed by atoms with Gasteiger partial charge in [0.2, 0.25) is 0 Å². The molecule has 0 spiro atoms. The fraction of sp³-hybridized carbons (Fsp3) is 0.700. The summed E-state index contributed by atoms with van der Waals surface area (Å²) in [7, 11) is 0. The number of quaternary nitrogens is 1. The lowest BCUT2D eigenvalue weighted by Crippen LogP contribution is -2.49. The minimum absolute atomic E-state index is 0.803. The standard InChI is InChI=1S/C20H37N2O/c1-7-21(20-12-11-18(5)19(6)17-20)13-15-23-16-14-22(8-2,9-3)10-4/h11-12,17H,7-10,13-16H2,1-6H3/q+1. The third-order valence-corrected chi connectivity index (χ3v) is 5.47. The number of ether oxygens (including phenoxy) is 1. The normalized spacial score (nSPS) is 11.7. The van der Waals surface area contributed by atoms with Crippen LogP contribution in [0.4, 0.5) is 5.69 Å². The number of aryl methyl sites for hydroxylation is 2. The van der Waals surface area contributed by atoms with E-state index in [1.54, 1.807) is 0 Å². The van der Waals surface area contributed by atoms with Crippen LogP contribution in [0.15, 0.2) is 18.2 Å². The summed E-state index contributed by atoms with van der Waals surface area (Å²) in [4.78, 5) is 2.40. The van der Waals surface area contributed by atoms with Gasteiger partial charge >= 0.3 is 0 Å². The van der Waals surface area contributed by atoms with Crippen molar-refractivity contribution in [2.24, 2.45) is 0 Å². The fourth-order valence-electron chi connectivity index (χ4n) is 3.07. The molecule has 0 radical (unpaired) electrons. The van der Waals surface area contributed by atoms with Gasteiger partial charge in [0.15, 0.2) is 0 Å². The first kappa shape index (κ1) is 20.0. The predicted molar refractivity (Wildman–Crippen MR) is 101 cm³/mol. The highest BCUT2D eigenvalue weighted by Gasteiger charge is 2.19. The molecule has 3 nitrogen and oxygen atoms in total. The third-order valence-electron chi connectivity index (χ3n) is 5.47. The molecule has 132 valence electrons. The molecule has 0 atom stereocenters. The summed E-state index contributed by atoms with van der Waals surface area (Å²) in [5, 5.41) is 0. The molecule has 23 heavy (non-hydrogen) atoms.